The first kappa shape index (κ1) is 8.33. The fourth-order valence-electron chi connectivity index (χ4n) is 1.41. The van der Waals surface area contributed by atoms with Crippen molar-refractivity contribution in [1.82, 2.24) is 0 Å². The Morgan fingerprint density at radius 3 is 2.62 bits per heavy atom. The smallest absolute Gasteiger partial charge is 0.0556 e. The van der Waals surface area contributed by atoms with Crippen molar-refractivity contribution in [2.24, 2.45) is 0 Å². The van der Waals surface area contributed by atoms with Crippen LogP contribution in [0.1, 0.15) is 5.56 Å². The molecule has 0 N–H and O–H groups in total. The molecule has 0 aliphatic rings. The van der Waals surface area contributed by atoms with Crippen LogP contribution in [0.2, 0.25) is 5.02 Å². The lowest BCUT2D eigenvalue weighted by Gasteiger charge is -2.02. The minimum absolute atomic E-state index is 0.785. The Morgan fingerprint density at radius 1 is 1.08 bits per heavy atom. The number of halogens is 1. The van der Waals surface area contributed by atoms with Crippen LogP contribution in [-0.4, -0.2) is 0 Å². The van der Waals surface area contributed by atoms with E-state index in [2.05, 4.69) is 12.6 Å². The van der Waals surface area contributed by atoms with E-state index >= 15 is 0 Å². The second-order valence-corrected chi connectivity index (χ2v) is 3.27. The summed E-state index contributed by atoms with van der Waals surface area (Å²) in [4.78, 5) is 0. The highest BCUT2D eigenvalue weighted by molar-refractivity contribution is 6.37. The molecule has 64 valence electrons. The van der Waals surface area contributed by atoms with Crippen molar-refractivity contribution in [1.29, 1.82) is 0 Å². The van der Waals surface area contributed by atoms with Crippen LogP contribution in [0.3, 0.4) is 0 Å². The highest BCUT2D eigenvalue weighted by atomic mass is 35.5. The summed E-state index contributed by atoms with van der Waals surface area (Å²) in [5.41, 5.74) is 0.986. The molecule has 0 fully saturated rings. The Morgan fingerprint density at radius 2 is 1.85 bits per heavy atom. The molecule has 0 atom stereocenters. The topological polar surface area (TPSA) is 0 Å². The van der Waals surface area contributed by atoms with Crippen molar-refractivity contribution >= 4 is 28.4 Å². The number of hydrogen-bond donors (Lipinski definition) is 0. The molecule has 0 aliphatic heterocycles. The van der Waals surface area contributed by atoms with E-state index in [1.165, 1.54) is 0 Å². The summed E-state index contributed by atoms with van der Waals surface area (Å²) in [5.74, 6) is 0. The molecule has 0 radical (unpaired) electrons. The Bertz CT molecular complexity index is 458. The summed E-state index contributed by atoms with van der Waals surface area (Å²) < 4.78 is 0. The van der Waals surface area contributed by atoms with Crippen LogP contribution in [-0.2, 0) is 0 Å². The van der Waals surface area contributed by atoms with Gasteiger partial charge in [0.1, 0.15) is 0 Å². The largest absolute Gasteiger partial charge is 0.0984 e. The van der Waals surface area contributed by atoms with Gasteiger partial charge in [0.05, 0.1) is 5.02 Å². The van der Waals surface area contributed by atoms with Gasteiger partial charge in [-0.15, -0.1) is 0 Å². The van der Waals surface area contributed by atoms with Gasteiger partial charge in [-0.3, -0.25) is 0 Å². The van der Waals surface area contributed by atoms with E-state index in [0.717, 1.165) is 21.4 Å². The lowest BCUT2D eigenvalue weighted by molar-refractivity contribution is 1.71. The molecule has 0 aliphatic carbocycles. The molecule has 0 spiro atoms. The van der Waals surface area contributed by atoms with Crippen molar-refractivity contribution in [3.63, 3.8) is 0 Å². The van der Waals surface area contributed by atoms with Gasteiger partial charge in [0.25, 0.3) is 0 Å². The highest BCUT2D eigenvalue weighted by Crippen LogP contribution is 2.27. The molecule has 0 amide bonds. The van der Waals surface area contributed by atoms with Crippen LogP contribution >= 0.6 is 11.6 Å². The van der Waals surface area contributed by atoms with Crippen LogP contribution < -0.4 is 0 Å². The lowest BCUT2D eigenvalue weighted by Crippen LogP contribution is -1.78. The maximum atomic E-state index is 6.17. The average Bonchev–Trinajstić information content (AvgIpc) is 2.19. The summed E-state index contributed by atoms with van der Waals surface area (Å²) in [7, 11) is 0. The molecule has 0 bridgehead atoms. The predicted octanol–water partition coefficient (Wildman–Crippen LogP) is 4.14. The highest BCUT2D eigenvalue weighted by Gasteiger charge is 2.00. The van der Waals surface area contributed by atoms with E-state index in [-0.39, 0.29) is 0 Å². The number of fused-ring (bicyclic) bond motifs is 1. The second-order valence-electron chi connectivity index (χ2n) is 2.89. The first-order chi connectivity index (χ1) is 6.33. The minimum atomic E-state index is 0.785. The molecule has 0 aromatic heterocycles. The van der Waals surface area contributed by atoms with Gasteiger partial charge < -0.3 is 0 Å². The van der Waals surface area contributed by atoms with Gasteiger partial charge in [0, 0.05) is 5.39 Å². The van der Waals surface area contributed by atoms with Crippen molar-refractivity contribution in [2.45, 2.75) is 0 Å². The van der Waals surface area contributed by atoms with Crippen molar-refractivity contribution in [3.8, 4) is 0 Å². The molecule has 0 heterocycles. The van der Waals surface area contributed by atoms with Gasteiger partial charge in [-0.2, -0.15) is 0 Å². The normalized spacial score (nSPS) is 10.2. The maximum absolute atomic E-state index is 6.17. The van der Waals surface area contributed by atoms with E-state index in [9.17, 15) is 0 Å². The molecule has 13 heavy (non-hydrogen) atoms. The summed E-state index contributed by atoms with van der Waals surface area (Å²) in [6, 6.07) is 12.1. The van der Waals surface area contributed by atoms with Crippen LogP contribution in [0.4, 0.5) is 0 Å². The number of rotatable bonds is 1. The molecule has 2 aromatic carbocycles. The molecule has 1 heteroatoms. The standard InChI is InChI=1S/C12H9Cl/c1-2-9-7-8-10-5-3-4-6-11(10)12(9)13/h2-8H,1H2. The van der Waals surface area contributed by atoms with Gasteiger partial charge in [0.15, 0.2) is 0 Å². The third-order valence-electron chi connectivity index (χ3n) is 2.11. The Kier molecular flexibility index (Phi) is 2.07. The fourth-order valence-corrected chi connectivity index (χ4v) is 1.72. The van der Waals surface area contributed by atoms with E-state index < -0.39 is 0 Å². The maximum Gasteiger partial charge on any atom is 0.0556 e. The molecule has 2 rings (SSSR count). The van der Waals surface area contributed by atoms with E-state index in [1.54, 1.807) is 6.08 Å². The third kappa shape index (κ3) is 1.34. The Labute approximate surface area is 82.5 Å². The number of hydrogen-bond acceptors (Lipinski definition) is 0. The van der Waals surface area contributed by atoms with Crippen molar-refractivity contribution in [2.75, 3.05) is 0 Å². The molecule has 0 nitrogen and oxygen atoms in total. The lowest BCUT2D eigenvalue weighted by atomic mass is 10.1. The summed E-state index contributed by atoms with van der Waals surface area (Å²) in [5, 5.41) is 3.03. The van der Waals surface area contributed by atoms with Gasteiger partial charge >= 0.3 is 0 Å². The van der Waals surface area contributed by atoms with Crippen LogP contribution in [0, 0.1) is 0 Å². The number of benzene rings is 2. The van der Waals surface area contributed by atoms with Crippen LogP contribution in [0.15, 0.2) is 43.0 Å². The van der Waals surface area contributed by atoms with Crippen LogP contribution in [0.5, 0.6) is 0 Å². The first-order valence-corrected chi connectivity index (χ1v) is 4.50. The first-order valence-electron chi connectivity index (χ1n) is 4.12. The monoisotopic (exact) mass is 188 g/mol. The molecular formula is C12H9Cl. The van der Waals surface area contributed by atoms with Gasteiger partial charge in [-0.05, 0) is 10.9 Å². The zero-order valence-corrected chi connectivity index (χ0v) is 7.88. The van der Waals surface area contributed by atoms with Gasteiger partial charge in [0.2, 0.25) is 0 Å². The van der Waals surface area contributed by atoms with Gasteiger partial charge in [-0.1, -0.05) is 60.7 Å². The second kappa shape index (κ2) is 3.23. The van der Waals surface area contributed by atoms with E-state index in [4.69, 9.17) is 11.6 Å². The Hall–Kier alpha value is -1.27. The van der Waals surface area contributed by atoms with E-state index in [1.807, 2.05) is 30.3 Å². The zero-order chi connectivity index (χ0) is 9.26. The van der Waals surface area contributed by atoms with Crippen LogP contribution in [0.25, 0.3) is 16.8 Å². The van der Waals surface area contributed by atoms with Crippen molar-refractivity contribution < 1.29 is 0 Å². The third-order valence-corrected chi connectivity index (χ3v) is 2.53. The molecule has 2 aromatic rings. The molecule has 0 saturated heterocycles. The van der Waals surface area contributed by atoms with Crippen molar-refractivity contribution in [3.05, 3.63) is 53.6 Å². The quantitative estimate of drug-likeness (QED) is 0.631. The summed E-state index contributed by atoms with van der Waals surface area (Å²) in [6.45, 7) is 3.71. The predicted molar refractivity (Wildman–Crippen MR) is 59.0 cm³/mol. The SMILES string of the molecule is C=Cc1ccc2ccccc2c1Cl. The zero-order valence-electron chi connectivity index (χ0n) is 7.13. The molecular weight excluding hydrogens is 180 g/mol. The summed E-state index contributed by atoms with van der Waals surface area (Å²) >= 11 is 6.17. The fraction of sp³-hybridized carbons (Fsp3) is 0. The minimum Gasteiger partial charge on any atom is -0.0984 e. The Balaban J connectivity index is 2.86. The van der Waals surface area contributed by atoms with E-state index in [0.29, 0.717) is 0 Å². The summed E-state index contributed by atoms with van der Waals surface area (Å²) in [6.07, 6.45) is 1.77. The van der Waals surface area contributed by atoms with Gasteiger partial charge in [-0.25, -0.2) is 0 Å². The molecule has 0 unspecified atom stereocenters. The molecule has 0 saturated carbocycles. The average molecular weight is 189 g/mol.